The van der Waals surface area contributed by atoms with Gasteiger partial charge in [0.05, 0.1) is 35.8 Å². The molecule has 0 unspecified atom stereocenters. The van der Waals surface area contributed by atoms with Crippen LogP contribution in [-0.2, 0) is 23.9 Å². The number of amides is 3. The summed E-state index contributed by atoms with van der Waals surface area (Å²) >= 11 is 0. The van der Waals surface area contributed by atoms with Crippen molar-refractivity contribution in [3.05, 3.63) is 18.2 Å². The summed E-state index contributed by atoms with van der Waals surface area (Å²) in [5.41, 5.74) is 0.207. The second-order valence-electron chi connectivity index (χ2n) is 12.9. The van der Waals surface area contributed by atoms with Crippen molar-refractivity contribution < 1.29 is 28.6 Å². The lowest BCUT2D eigenvalue weighted by molar-refractivity contribution is -0.132. The zero-order chi connectivity index (χ0) is 29.4. The van der Waals surface area contributed by atoms with E-state index in [0.29, 0.717) is 57.1 Å². The molecule has 5 rings (SSSR count). The minimum Gasteiger partial charge on any atom is -0.476 e. The zero-order valence-corrected chi connectivity index (χ0v) is 25.2. The summed E-state index contributed by atoms with van der Waals surface area (Å²) in [7, 11) is 1.65. The van der Waals surface area contributed by atoms with Gasteiger partial charge >= 0.3 is 0 Å². The molecule has 0 radical (unpaired) electrons. The molecular formula is C31H46N4O6. The Morgan fingerprint density at radius 2 is 1.93 bits per heavy atom. The fraction of sp³-hybridized carbons (Fsp3) is 0.710. The molecule has 3 amide bonds. The lowest BCUT2D eigenvalue weighted by Crippen LogP contribution is -2.53. The molecule has 2 heterocycles. The van der Waals surface area contributed by atoms with Crippen LogP contribution in [0.3, 0.4) is 0 Å². The first-order chi connectivity index (χ1) is 19.5. The molecule has 10 nitrogen and oxygen atoms in total. The fourth-order valence-electron chi connectivity index (χ4n) is 5.82. The number of piperidine rings is 1. The van der Waals surface area contributed by atoms with Gasteiger partial charge in [-0.05, 0) is 84.4 Å². The number of benzene rings is 1. The van der Waals surface area contributed by atoms with E-state index in [2.05, 4.69) is 10.6 Å². The lowest BCUT2D eigenvalue weighted by Gasteiger charge is -2.40. The third-order valence-corrected chi connectivity index (χ3v) is 8.52. The molecule has 2 aliphatic carbocycles. The van der Waals surface area contributed by atoms with Crippen LogP contribution in [0.25, 0.3) is 0 Å². The number of anilines is 2. The minimum atomic E-state index is -0.975. The number of nitrogens with one attached hydrogen (secondary N) is 2. The van der Waals surface area contributed by atoms with Crippen molar-refractivity contribution in [3.63, 3.8) is 0 Å². The predicted molar refractivity (Wildman–Crippen MR) is 156 cm³/mol. The maximum absolute atomic E-state index is 14.1. The van der Waals surface area contributed by atoms with Crippen molar-refractivity contribution in [2.45, 2.75) is 89.5 Å². The Morgan fingerprint density at radius 3 is 2.59 bits per heavy atom. The van der Waals surface area contributed by atoms with Crippen LogP contribution in [0.15, 0.2) is 18.2 Å². The molecule has 41 heavy (non-hydrogen) atoms. The highest BCUT2D eigenvalue weighted by Crippen LogP contribution is 2.43. The lowest BCUT2D eigenvalue weighted by atomic mass is 9.88. The number of nitrogens with zero attached hydrogens (tertiary/aromatic N) is 2. The highest BCUT2D eigenvalue weighted by molar-refractivity contribution is 6.04. The molecule has 0 bridgehead atoms. The Hall–Kier alpha value is -2.69. The van der Waals surface area contributed by atoms with Gasteiger partial charge in [0.15, 0.2) is 5.60 Å². The third-order valence-electron chi connectivity index (χ3n) is 8.52. The van der Waals surface area contributed by atoms with Crippen molar-refractivity contribution >= 4 is 29.1 Å². The number of ether oxygens (including phenoxy) is 3. The summed E-state index contributed by atoms with van der Waals surface area (Å²) in [6.45, 7) is 10.2. The van der Waals surface area contributed by atoms with Crippen LogP contribution < -0.4 is 25.2 Å². The van der Waals surface area contributed by atoms with Crippen LogP contribution in [0, 0.1) is 11.8 Å². The smallest absolute Gasteiger partial charge is 0.270 e. The molecular weight excluding hydrogens is 524 g/mol. The van der Waals surface area contributed by atoms with Crippen molar-refractivity contribution in [2.24, 2.45) is 11.8 Å². The van der Waals surface area contributed by atoms with Crippen LogP contribution in [0.2, 0.25) is 0 Å². The van der Waals surface area contributed by atoms with Gasteiger partial charge in [-0.15, -0.1) is 0 Å². The molecule has 2 saturated carbocycles. The van der Waals surface area contributed by atoms with E-state index in [-0.39, 0.29) is 47.2 Å². The largest absolute Gasteiger partial charge is 0.476 e. The summed E-state index contributed by atoms with van der Waals surface area (Å²) in [6.07, 6.45) is 5.03. The van der Waals surface area contributed by atoms with E-state index in [1.54, 1.807) is 25.9 Å². The molecule has 0 spiro atoms. The van der Waals surface area contributed by atoms with Gasteiger partial charge in [0.25, 0.3) is 5.91 Å². The predicted octanol–water partition coefficient (Wildman–Crippen LogP) is 3.02. The first kappa shape index (κ1) is 29.8. The van der Waals surface area contributed by atoms with Gasteiger partial charge in [0.2, 0.25) is 11.8 Å². The average Bonchev–Trinajstić information content (AvgIpc) is 3.88. The van der Waals surface area contributed by atoms with Gasteiger partial charge in [0, 0.05) is 45.1 Å². The number of carbonyl (C=O) groups excluding carboxylic acids is 3. The normalized spacial score (nSPS) is 24.4. The van der Waals surface area contributed by atoms with Gasteiger partial charge in [-0.3, -0.25) is 14.4 Å². The molecule has 2 atom stereocenters. The molecule has 1 aromatic carbocycles. The highest BCUT2D eigenvalue weighted by atomic mass is 16.5. The van der Waals surface area contributed by atoms with Gasteiger partial charge in [-0.25, -0.2) is 0 Å². The first-order valence-corrected chi connectivity index (χ1v) is 15.1. The topological polar surface area (TPSA) is 109 Å². The summed E-state index contributed by atoms with van der Waals surface area (Å²) in [5.74, 6) is -0.0469. The maximum Gasteiger partial charge on any atom is 0.270 e. The number of fused-ring (bicyclic) bond motifs is 1. The number of hydrogen-bond donors (Lipinski definition) is 2. The molecule has 0 aromatic heterocycles. The summed E-state index contributed by atoms with van der Waals surface area (Å²) < 4.78 is 17.1. The average molecular weight is 571 g/mol. The Balaban J connectivity index is 1.31. The van der Waals surface area contributed by atoms with Gasteiger partial charge in [-0.2, -0.15) is 0 Å². The monoisotopic (exact) mass is 570 g/mol. The van der Waals surface area contributed by atoms with Crippen molar-refractivity contribution in [3.8, 4) is 5.75 Å². The second-order valence-corrected chi connectivity index (χ2v) is 12.9. The van der Waals surface area contributed by atoms with Crippen LogP contribution in [-0.4, -0.2) is 81.0 Å². The van der Waals surface area contributed by atoms with Gasteiger partial charge < -0.3 is 34.6 Å². The number of hydrogen-bond acceptors (Lipinski definition) is 7. The van der Waals surface area contributed by atoms with Gasteiger partial charge in [0.1, 0.15) is 5.75 Å². The fourth-order valence-corrected chi connectivity index (χ4v) is 5.82. The SMILES string of the molecule is COCCCN1C(=O)C(C)(C)Oc2ccc(N(C(=O)[C@H]3CNC[C@@H](C(=O)NC4(COC(C)C)CC4)C3)C3CC3)cc21. The Kier molecular flexibility index (Phi) is 8.64. The Bertz CT molecular complexity index is 1150. The van der Waals surface area contributed by atoms with Crippen LogP contribution >= 0.6 is 0 Å². The van der Waals surface area contributed by atoms with Crippen LogP contribution in [0.1, 0.15) is 66.2 Å². The molecule has 226 valence electrons. The molecule has 2 aliphatic heterocycles. The van der Waals surface area contributed by atoms with Crippen molar-refractivity contribution in [2.75, 3.05) is 49.8 Å². The Morgan fingerprint density at radius 1 is 1.20 bits per heavy atom. The molecule has 2 N–H and O–H groups in total. The zero-order valence-electron chi connectivity index (χ0n) is 25.2. The summed E-state index contributed by atoms with van der Waals surface area (Å²) in [6, 6.07) is 5.82. The quantitative estimate of drug-likeness (QED) is 0.372. The highest BCUT2D eigenvalue weighted by Gasteiger charge is 2.47. The molecule has 10 heteroatoms. The van der Waals surface area contributed by atoms with E-state index in [0.717, 1.165) is 31.4 Å². The van der Waals surface area contributed by atoms with E-state index in [1.807, 2.05) is 36.9 Å². The number of carbonyl (C=O) groups is 3. The first-order valence-electron chi connectivity index (χ1n) is 15.1. The number of methoxy groups -OCH3 is 1. The maximum atomic E-state index is 14.1. The minimum absolute atomic E-state index is 0.00316. The molecule has 4 aliphatic rings. The molecule has 3 fully saturated rings. The van der Waals surface area contributed by atoms with E-state index < -0.39 is 5.60 Å². The second kappa shape index (κ2) is 11.9. The Labute approximate surface area is 243 Å². The third kappa shape index (κ3) is 6.70. The standard InChI is InChI=1S/C31H46N4O6/c1-20(2)40-19-31(11-12-31)33-27(36)21-15-22(18-32-17-21)28(37)35(23-7-8-23)24-9-10-26-25(16-24)34(13-6-14-39-5)29(38)30(3,4)41-26/h9-10,16,20-23,32H,6-8,11-15,17-19H2,1-5H3,(H,33,36)/t21-,22+/m0/s1. The molecule has 1 saturated heterocycles. The molecule has 1 aromatic rings. The van der Waals surface area contributed by atoms with E-state index in [9.17, 15) is 14.4 Å². The van der Waals surface area contributed by atoms with Crippen LogP contribution in [0.5, 0.6) is 5.75 Å². The summed E-state index contributed by atoms with van der Waals surface area (Å²) in [5, 5.41) is 6.57. The van der Waals surface area contributed by atoms with Crippen LogP contribution in [0.4, 0.5) is 11.4 Å². The van der Waals surface area contributed by atoms with Crippen molar-refractivity contribution in [1.82, 2.24) is 10.6 Å². The van der Waals surface area contributed by atoms with Gasteiger partial charge in [-0.1, -0.05) is 0 Å². The summed E-state index contributed by atoms with van der Waals surface area (Å²) in [4.78, 5) is 44.3. The van der Waals surface area contributed by atoms with E-state index in [4.69, 9.17) is 14.2 Å². The van der Waals surface area contributed by atoms with E-state index in [1.165, 1.54) is 0 Å². The van der Waals surface area contributed by atoms with Crippen molar-refractivity contribution in [1.29, 1.82) is 0 Å². The number of rotatable bonds is 12. The van der Waals surface area contributed by atoms with E-state index >= 15 is 0 Å².